The molecule has 0 spiro atoms. The summed E-state index contributed by atoms with van der Waals surface area (Å²) < 4.78 is 5.60. The average Bonchev–Trinajstić information content (AvgIpc) is 2.45. The summed E-state index contributed by atoms with van der Waals surface area (Å²) in [6.07, 6.45) is 3.91. The standard InChI is InChI=1S/C17H32NO4P/c1-7-15(8-2)10-9-14(3)17(20)22-11-12-23(21)16(19)13-18(4,5)6/h15H,3,7-13H2,1-2,4-6H3/p+1. The van der Waals surface area contributed by atoms with E-state index in [4.69, 9.17) is 4.74 Å². The third-order valence-electron chi connectivity index (χ3n) is 3.73. The molecule has 1 unspecified atom stereocenters. The van der Waals surface area contributed by atoms with E-state index in [0.717, 1.165) is 19.3 Å². The summed E-state index contributed by atoms with van der Waals surface area (Å²) in [4.78, 5) is 23.7. The van der Waals surface area contributed by atoms with Crippen molar-refractivity contribution in [2.24, 2.45) is 5.92 Å². The van der Waals surface area contributed by atoms with Gasteiger partial charge in [-0.15, -0.1) is 0 Å². The van der Waals surface area contributed by atoms with Gasteiger partial charge in [0.1, 0.15) is 12.8 Å². The van der Waals surface area contributed by atoms with Gasteiger partial charge in [-0.1, -0.05) is 33.3 Å². The molecule has 23 heavy (non-hydrogen) atoms. The number of ether oxygens (including phenoxy) is 1. The molecule has 5 nitrogen and oxygen atoms in total. The van der Waals surface area contributed by atoms with Gasteiger partial charge in [-0.3, -0.25) is 0 Å². The third-order valence-corrected chi connectivity index (χ3v) is 5.03. The first kappa shape index (κ1) is 22.3. The summed E-state index contributed by atoms with van der Waals surface area (Å²) in [6, 6.07) is 0. The van der Waals surface area contributed by atoms with Crippen molar-refractivity contribution in [3.63, 3.8) is 0 Å². The first-order valence-electron chi connectivity index (χ1n) is 8.25. The van der Waals surface area contributed by atoms with Crippen molar-refractivity contribution < 1.29 is 24.0 Å². The highest BCUT2D eigenvalue weighted by molar-refractivity contribution is 7.51. The predicted molar refractivity (Wildman–Crippen MR) is 95.0 cm³/mol. The van der Waals surface area contributed by atoms with Crippen LogP contribution in [0.15, 0.2) is 12.2 Å². The van der Waals surface area contributed by atoms with Gasteiger partial charge in [0.25, 0.3) is 5.48 Å². The molecule has 0 aromatic heterocycles. The number of esters is 1. The summed E-state index contributed by atoms with van der Waals surface area (Å²) >= 11 is 0. The van der Waals surface area contributed by atoms with Crippen molar-refractivity contribution in [3.8, 4) is 0 Å². The second kappa shape index (κ2) is 10.9. The fraction of sp³-hybridized carbons (Fsp3) is 0.765. The molecular formula is C17H33NO4P+. The van der Waals surface area contributed by atoms with Crippen LogP contribution in [0.2, 0.25) is 0 Å². The van der Waals surface area contributed by atoms with Gasteiger partial charge in [0.2, 0.25) is 0 Å². The Morgan fingerprint density at radius 3 is 2.35 bits per heavy atom. The molecule has 134 valence electrons. The molecule has 0 saturated heterocycles. The molecule has 0 aliphatic heterocycles. The summed E-state index contributed by atoms with van der Waals surface area (Å²) in [5.41, 5.74) is 0.433. The minimum atomic E-state index is -1.88. The van der Waals surface area contributed by atoms with Crippen molar-refractivity contribution in [2.45, 2.75) is 39.5 Å². The summed E-state index contributed by atoms with van der Waals surface area (Å²) in [7, 11) is 3.84. The van der Waals surface area contributed by atoms with Crippen LogP contribution in [0, 0.1) is 5.92 Å². The zero-order valence-corrected chi connectivity index (χ0v) is 16.2. The van der Waals surface area contributed by atoms with Gasteiger partial charge in [-0.2, -0.15) is 0 Å². The minimum Gasteiger partial charge on any atom is -0.628 e. The highest BCUT2D eigenvalue weighted by Gasteiger charge is 2.18. The number of aliphatic hydroxyl groups is 1. The lowest BCUT2D eigenvalue weighted by atomic mass is 9.95. The molecule has 1 N–H and O–H groups in total. The first-order chi connectivity index (χ1) is 10.6. The zero-order chi connectivity index (χ0) is 18.0. The van der Waals surface area contributed by atoms with Crippen LogP contribution in [-0.2, 0) is 9.53 Å². The van der Waals surface area contributed by atoms with Crippen LogP contribution in [0.4, 0.5) is 0 Å². The number of likely N-dealkylation sites (N-methyl/N-ethyl adjacent to an activating group) is 1. The monoisotopic (exact) mass is 346 g/mol. The number of carbonyl (C=O) groups excluding carboxylic acids is 1. The quantitative estimate of drug-likeness (QED) is 0.270. The number of aliphatic hydroxyl groups excluding tert-OH is 1. The van der Waals surface area contributed by atoms with E-state index < -0.39 is 13.7 Å². The van der Waals surface area contributed by atoms with Crippen molar-refractivity contribution in [1.82, 2.24) is 0 Å². The van der Waals surface area contributed by atoms with Crippen LogP contribution in [0.5, 0.6) is 0 Å². The largest absolute Gasteiger partial charge is 0.628 e. The Balaban J connectivity index is 4.19. The van der Waals surface area contributed by atoms with Gasteiger partial charge in [0.05, 0.1) is 28.9 Å². The Kier molecular flexibility index (Phi) is 10.6. The molecule has 0 aliphatic rings. The number of rotatable bonds is 11. The highest BCUT2D eigenvalue weighted by atomic mass is 31.1. The predicted octanol–water partition coefficient (Wildman–Crippen LogP) is 2.27. The van der Waals surface area contributed by atoms with Gasteiger partial charge in [-0.25, -0.2) is 4.79 Å². The van der Waals surface area contributed by atoms with E-state index in [0.29, 0.717) is 28.9 Å². The molecule has 0 rings (SSSR count). The molecule has 0 aliphatic carbocycles. The van der Waals surface area contributed by atoms with E-state index in [9.17, 15) is 14.8 Å². The second-order valence-corrected chi connectivity index (χ2v) is 8.65. The van der Waals surface area contributed by atoms with E-state index in [1.807, 2.05) is 21.1 Å². The summed E-state index contributed by atoms with van der Waals surface area (Å²) in [5.74, 6) is 0.182. The van der Waals surface area contributed by atoms with E-state index >= 15 is 0 Å². The van der Waals surface area contributed by atoms with Gasteiger partial charge >= 0.3 is 5.97 Å². The molecule has 0 aromatic carbocycles. The van der Waals surface area contributed by atoms with Crippen LogP contribution in [0.1, 0.15) is 39.5 Å². The number of hydrogen-bond donors (Lipinski definition) is 1. The van der Waals surface area contributed by atoms with Gasteiger partial charge < -0.3 is 19.2 Å². The maximum Gasteiger partial charge on any atom is 0.333 e. The topological polar surface area (TPSA) is 69.6 Å². The van der Waals surface area contributed by atoms with E-state index in [1.54, 1.807) is 0 Å². The van der Waals surface area contributed by atoms with Gasteiger partial charge in [0.15, 0.2) is 6.54 Å². The normalized spacial score (nSPS) is 13.0. The number of quaternary nitrogens is 1. The maximum absolute atomic E-state index is 11.9. The Morgan fingerprint density at radius 1 is 1.30 bits per heavy atom. The fourth-order valence-electron chi connectivity index (χ4n) is 2.13. The lowest BCUT2D eigenvalue weighted by Crippen LogP contribution is -2.39. The second-order valence-electron chi connectivity index (χ2n) is 6.93. The Hall–Kier alpha value is -0.740. The average molecular weight is 346 g/mol. The SMILES string of the molecule is C=C(CCC(CC)CC)C(=O)OCC[P+]([O-])=C(O)C[N+](C)(C)C. The molecule has 0 fully saturated rings. The fourth-order valence-corrected chi connectivity index (χ4v) is 3.23. The van der Waals surface area contributed by atoms with E-state index in [2.05, 4.69) is 20.4 Å². The molecule has 1 atom stereocenters. The Morgan fingerprint density at radius 2 is 1.87 bits per heavy atom. The van der Waals surface area contributed by atoms with Crippen molar-refractivity contribution in [3.05, 3.63) is 12.2 Å². The van der Waals surface area contributed by atoms with Crippen LogP contribution in [0.25, 0.3) is 0 Å². The van der Waals surface area contributed by atoms with E-state index in [-0.39, 0.29) is 18.2 Å². The number of carbonyl (C=O) groups is 1. The zero-order valence-electron chi connectivity index (χ0n) is 15.3. The Labute approximate surface area is 142 Å². The smallest absolute Gasteiger partial charge is 0.333 e. The lowest BCUT2D eigenvalue weighted by Gasteiger charge is -2.22. The minimum absolute atomic E-state index is 0.0314. The molecule has 6 heteroatoms. The molecule has 0 radical (unpaired) electrons. The molecule has 0 aromatic rings. The highest BCUT2D eigenvalue weighted by Crippen LogP contribution is 2.19. The molecule has 0 bridgehead atoms. The molecule has 0 saturated carbocycles. The summed E-state index contributed by atoms with van der Waals surface area (Å²) in [6.45, 7) is 8.43. The van der Waals surface area contributed by atoms with Crippen molar-refractivity contribution >= 4 is 19.2 Å². The summed E-state index contributed by atoms with van der Waals surface area (Å²) in [5, 5.41) is 9.79. The first-order valence-corrected chi connectivity index (χ1v) is 9.70. The Bertz CT molecular complexity index is 423. The number of hydrogen-bond acceptors (Lipinski definition) is 3. The van der Waals surface area contributed by atoms with E-state index in [1.165, 1.54) is 0 Å². The van der Waals surface area contributed by atoms with Crippen LogP contribution >= 0.6 is 7.77 Å². The molecular weight excluding hydrogens is 313 g/mol. The van der Waals surface area contributed by atoms with Crippen LogP contribution in [-0.4, -0.2) is 61.5 Å². The van der Waals surface area contributed by atoms with Crippen LogP contribution in [0.3, 0.4) is 0 Å². The van der Waals surface area contributed by atoms with Crippen molar-refractivity contribution in [1.29, 1.82) is 0 Å². The molecule has 0 amide bonds. The van der Waals surface area contributed by atoms with Crippen molar-refractivity contribution in [2.75, 3.05) is 40.5 Å². The lowest BCUT2D eigenvalue weighted by molar-refractivity contribution is -0.861. The third kappa shape index (κ3) is 10.6. The van der Waals surface area contributed by atoms with Crippen LogP contribution < -0.4 is 4.89 Å². The van der Waals surface area contributed by atoms with Gasteiger partial charge in [0, 0.05) is 5.57 Å². The number of nitrogens with zero attached hydrogens (tertiary/aromatic N) is 1. The maximum atomic E-state index is 11.9. The molecule has 0 heterocycles. The van der Waals surface area contributed by atoms with Gasteiger partial charge in [-0.05, 0) is 18.8 Å².